The minimum Gasteiger partial charge on any atom is -0.467 e. The Morgan fingerprint density at radius 3 is 3.00 bits per heavy atom. The first kappa shape index (κ1) is 14.4. The molecule has 0 aliphatic carbocycles. The van der Waals surface area contributed by atoms with E-state index in [0.717, 1.165) is 24.5 Å². The van der Waals surface area contributed by atoms with Crippen molar-refractivity contribution < 1.29 is 9.21 Å². The van der Waals surface area contributed by atoms with Crippen LogP contribution in [0.3, 0.4) is 0 Å². The van der Waals surface area contributed by atoms with Crippen LogP contribution in [0, 0.1) is 0 Å². The molecule has 1 aliphatic rings. The first-order chi connectivity index (χ1) is 11.8. The standard InChI is InChI=1S/C18H16N4O2/c23-18(19-11-14-5-3-9-24-14)15-10-17(21-12-20-15)22-8-7-13-4-1-2-6-16(13)22/h1-6,9-10,12H,7-8,11H2,(H,19,23). The lowest BCUT2D eigenvalue weighted by atomic mass is 10.2. The molecular weight excluding hydrogens is 304 g/mol. The van der Waals surface area contributed by atoms with Gasteiger partial charge in [0.05, 0.1) is 12.8 Å². The fourth-order valence-electron chi connectivity index (χ4n) is 2.87. The summed E-state index contributed by atoms with van der Waals surface area (Å²) in [5, 5.41) is 2.80. The van der Waals surface area contributed by atoms with Crippen LogP contribution in [0.25, 0.3) is 0 Å². The number of rotatable bonds is 4. The highest BCUT2D eigenvalue weighted by atomic mass is 16.3. The smallest absolute Gasteiger partial charge is 0.270 e. The number of aromatic nitrogens is 2. The predicted molar refractivity (Wildman–Crippen MR) is 89.1 cm³/mol. The van der Waals surface area contributed by atoms with Gasteiger partial charge in [-0.1, -0.05) is 18.2 Å². The molecule has 1 aromatic carbocycles. The number of amides is 1. The molecule has 4 rings (SSSR count). The minimum absolute atomic E-state index is 0.248. The first-order valence-electron chi connectivity index (χ1n) is 7.79. The summed E-state index contributed by atoms with van der Waals surface area (Å²) in [5.41, 5.74) is 2.77. The van der Waals surface area contributed by atoms with E-state index >= 15 is 0 Å². The van der Waals surface area contributed by atoms with E-state index in [1.165, 1.54) is 11.9 Å². The first-order valence-corrected chi connectivity index (χ1v) is 7.79. The zero-order chi connectivity index (χ0) is 16.4. The Kier molecular flexibility index (Phi) is 3.70. The van der Waals surface area contributed by atoms with Crippen LogP contribution in [0.2, 0.25) is 0 Å². The molecule has 0 fully saturated rings. The van der Waals surface area contributed by atoms with Crippen LogP contribution in [-0.4, -0.2) is 22.4 Å². The summed E-state index contributed by atoms with van der Waals surface area (Å²) in [6.45, 7) is 1.18. The van der Waals surface area contributed by atoms with Gasteiger partial charge >= 0.3 is 0 Å². The van der Waals surface area contributed by atoms with E-state index < -0.39 is 0 Å². The average Bonchev–Trinajstić information content (AvgIpc) is 3.29. The number of hydrogen-bond acceptors (Lipinski definition) is 5. The van der Waals surface area contributed by atoms with Gasteiger partial charge in [0.15, 0.2) is 0 Å². The molecular formula is C18H16N4O2. The highest BCUT2D eigenvalue weighted by Gasteiger charge is 2.21. The summed E-state index contributed by atoms with van der Waals surface area (Å²) >= 11 is 0. The number of furan rings is 1. The fourth-order valence-corrected chi connectivity index (χ4v) is 2.87. The van der Waals surface area contributed by atoms with Crippen LogP contribution >= 0.6 is 0 Å². The van der Waals surface area contributed by atoms with Crippen LogP contribution in [0.1, 0.15) is 21.8 Å². The maximum Gasteiger partial charge on any atom is 0.270 e. The van der Waals surface area contributed by atoms with Crippen molar-refractivity contribution in [1.29, 1.82) is 0 Å². The number of carbonyl (C=O) groups excluding carboxylic acids is 1. The largest absolute Gasteiger partial charge is 0.467 e. The van der Waals surface area contributed by atoms with Crippen LogP contribution in [-0.2, 0) is 13.0 Å². The van der Waals surface area contributed by atoms with Crippen molar-refractivity contribution in [3.8, 4) is 0 Å². The summed E-state index contributed by atoms with van der Waals surface area (Å²) in [5.74, 6) is 1.19. The van der Waals surface area contributed by atoms with E-state index in [0.29, 0.717) is 18.0 Å². The van der Waals surface area contributed by atoms with Gasteiger partial charge in [-0.3, -0.25) is 4.79 Å². The molecule has 6 nitrogen and oxygen atoms in total. The number of nitrogens with one attached hydrogen (secondary N) is 1. The number of hydrogen-bond donors (Lipinski definition) is 1. The lowest BCUT2D eigenvalue weighted by molar-refractivity contribution is 0.0943. The monoisotopic (exact) mass is 320 g/mol. The maximum atomic E-state index is 12.3. The minimum atomic E-state index is -0.248. The second kappa shape index (κ2) is 6.16. The molecule has 120 valence electrons. The van der Waals surface area contributed by atoms with Crippen molar-refractivity contribution in [2.24, 2.45) is 0 Å². The third-order valence-electron chi connectivity index (χ3n) is 4.05. The van der Waals surface area contributed by atoms with Gasteiger partial charge in [0.25, 0.3) is 5.91 Å². The Labute approximate surface area is 139 Å². The van der Waals surface area contributed by atoms with Gasteiger partial charge in [-0.15, -0.1) is 0 Å². The number of benzene rings is 1. The summed E-state index contributed by atoms with van der Waals surface area (Å²) in [7, 11) is 0. The van der Waals surface area contributed by atoms with Gasteiger partial charge in [0.2, 0.25) is 0 Å². The van der Waals surface area contributed by atoms with Gasteiger partial charge in [-0.2, -0.15) is 0 Å². The molecule has 0 atom stereocenters. The van der Waals surface area contributed by atoms with Gasteiger partial charge < -0.3 is 14.6 Å². The Hall–Kier alpha value is -3.15. The highest BCUT2D eigenvalue weighted by molar-refractivity contribution is 5.93. The lowest BCUT2D eigenvalue weighted by Crippen LogP contribution is -2.24. The molecule has 0 unspecified atom stereocenters. The van der Waals surface area contributed by atoms with Crippen molar-refractivity contribution in [2.75, 3.05) is 11.4 Å². The Bertz CT molecular complexity index is 861. The van der Waals surface area contributed by atoms with Crippen LogP contribution in [0.5, 0.6) is 0 Å². The zero-order valence-corrected chi connectivity index (χ0v) is 13.0. The molecule has 3 heterocycles. The third kappa shape index (κ3) is 2.74. The average molecular weight is 320 g/mol. The molecule has 24 heavy (non-hydrogen) atoms. The molecule has 1 N–H and O–H groups in total. The lowest BCUT2D eigenvalue weighted by Gasteiger charge is -2.18. The number of anilines is 2. The summed E-state index contributed by atoms with van der Waals surface area (Å²) in [6.07, 6.45) is 3.98. The van der Waals surface area contributed by atoms with E-state index in [-0.39, 0.29) is 5.91 Å². The number of para-hydroxylation sites is 1. The number of carbonyl (C=O) groups is 1. The van der Waals surface area contributed by atoms with Gasteiger partial charge in [-0.25, -0.2) is 9.97 Å². The zero-order valence-electron chi connectivity index (χ0n) is 13.0. The van der Waals surface area contributed by atoms with Gasteiger partial charge in [0.1, 0.15) is 23.6 Å². The highest BCUT2D eigenvalue weighted by Crippen LogP contribution is 2.32. The molecule has 3 aromatic rings. The molecule has 1 amide bonds. The molecule has 0 saturated carbocycles. The molecule has 0 spiro atoms. The van der Waals surface area contributed by atoms with E-state index in [1.54, 1.807) is 18.4 Å². The van der Waals surface area contributed by atoms with E-state index in [4.69, 9.17) is 4.42 Å². The molecule has 0 radical (unpaired) electrons. The second-order valence-electron chi connectivity index (χ2n) is 5.55. The van der Waals surface area contributed by atoms with Crippen molar-refractivity contribution in [1.82, 2.24) is 15.3 Å². The molecule has 6 heteroatoms. The molecule has 0 saturated heterocycles. The quantitative estimate of drug-likeness (QED) is 0.800. The van der Waals surface area contributed by atoms with Crippen molar-refractivity contribution in [2.45, 2.75) is 13.0 Å². The van der Waals surface area contributed by atoms with E-state index in [9.17, 15) is 4.79 Å². The summed E-state index contributed by atoms with van der Waals surface area (Å²) in [6, 6.07) is 13.6. The van der Waals surface area contributed by atoms with Crippen molar-refractivity contribution in [3.05, 3.63) is 72.1 Å². The van der Waals surface area contributed by atoms with Crippen LogP contribution < -0.4 is 10.2 Å². The second-order valence-corrected chi connectivity index (χ2v) is 5.55. The number of nitrogens with zero attached hydrogens (tertiary/aromatic N) is 3. The third-order valence-corrected chi connectivity index (χ3v) is 4.05. The SMILES string of the molecule is O=C(NCc1ccco1)c1cc(N2CCc3ccccc32)ncn1. The summed E-state index contributed by atoms with van der Waals surface area (Å²) < 4.78 is 5.21. The van der Waals surface area contributed by atoms with Gasteiger partial charge in [-0.05, 0) is 30.2 Å². The van der Waals surface area contributed by atoms with E-state index in [2.05, 4.69) is 32.3 Å². The predicted octanol–water partition coefficient (Wildman–Crippen LogP) is 2.69. The normalized spacial score (nSPS) is 12.9. The van der Waals surface area contributed by atoms with Crippen LogP contribution in [0.15, 0.2) is 59.5 Å². The van der Waals surface area contributed by atoms with Crippen molar-refractivity contribution in [3.63, 3.8) is 0 Å². The van der Waals surface area contributed by atoms with Crippen LogP contribution in [0.4, 0.5) is 11.5 Å². The number of fused-ring (bicyclic) bond motifs is 1. The van der Waals surface area contributed by atoms with Crippen molar-refractivity contribution >= 4 is 17.4 Å². The Balaban J connectivity index is 1.53. The molecule has 2 aromatic heterocycles. The Morgan fingerprint density at radius 2 is 2.12 bits per heavy atom. The fraction of sp³-hybridized carbons (Fsp3) is 0.167. The Morgan fingerprint density at radius 1 is 1.21 bits per heavy atom. The topological polar surface area (TPSA) is 71.3 Å². The van der Waals surface area contributed by atoms with E-state index in [1.807, 2.05) is 18.2 Å². The molecule has 0 bridgehead atoms. The molecule has 1 aliphatic heterocycles. The summed E-state index contributed by atoms with van der Waals surface area (Å²) in [4.78, 5) is 22.8. The van der Waals surface area contributed by atoms with Gasteiger partial charge in [0, 0.05) is 18.3 Å². The maximum absolute atomic E-state index is 12.3.